The first-order valence-corrected chi connectivity index (χ1v) is 13.4. The number of rotatable bonds is 11. The molecule has 2 aromatic carbocycles. The lowest BCUT2D eigenvalue weighted by Gasteiger charge is -2.33. The number of likely N-dealkylation sites (tertiary alicyclic amines) is 1. The van der Waals surface area contributed by atoms with Crippen LogP contribution in [0.4, 0.5) is 0 Å². The van der Waals surface area contributed by atoms with Crippen LogP contribution >= 0.6 is 0 Å². The highest BCUT2D eigenvalue weighted by Crippen LogP contribution is 2.30. The predicted octanol–water partition coefficient (Wildman–Crippen LogP) is 3.36. The van der Waals surface area contributed by atoms with E-state index >= 15 is 0 Å². The molecule has 0 bridgehead atoms. The third-order valence-electron chi connectivity index (χ3n) is 7.16. The first-order valence-electron chi connectivity index (χ1n) is 13.4. The number of nitrogens with zero attached hydrogens (tertiary/aromatic N) is 4. The second kappa shape index (κ2) is 13.3. The predicted molar refractivity (Wildman–Crippen MR) is 147 cm³/mol. The van der Waals surface area contributed by atoms with Crippen LogP contribution in [0.15, 0.2) is 48.5 Å². The van der Waals surface area contributed by atoms with Gasteiger partial charge in [-0.25, -0.2) is 15.6 Å². The number of para-hydroxylation sites is 2. The standard InChI is InChI=1S/C29H37N5O5/c1-38-19-7-17-33-25-10-4-3-9-24(25)31-27(33)23-8-5-16-32(20-23)26(35)11-6-18-34(30)28(36)21-12-14-22(15-13-21)29(37)39-2/h3-4,9-10,12-15,23H,5-8,11,16-20,30H2,1-2H3. The molecule has 1 atom stereocenters. The Kier molecular flexibility index (Phi) is 9.67. The highest BCUT2D eigenvalue weighted by molar-refractivity contribution is 5.96. The summed E-state index contributed by atoms with van der Waals surface area (Å²) in [4.78, 5) is 44.2. The van der Waals surface area contributed by atoms with Gasteiger partial charge in [-0.15, -0.1) is 0 Å². The van der Waals surface area contributed by atoms with Gasteiger partial charge in [0.2, 0.25) is 5.91 Å². The number of nitrogens with two attached hydrogens (primary N) is 1. The largest absolute Gasteiger partial charge is 0.465 e. The van der Waals surface area contributed by atoms with E-state index in [0.29, 0.717) is 37.1 Å². The molecule has 1 saturated heterocycles. The van der Waals surface area contributed by atoms with E-state index in [1.807, 2.05) is 23.1 Å². The number of benzene rings is 2. The number of hydrazine groups is 1. The third-order valence-corrected chi connectivity index (χ3v) is 7.16. The first-order chi connectivity index (χ1) is 18.9. The van der Waals surface area contributed by atoms with Crippen molar-refractivity contribution >= 4 is 28.8 Å². The average Bonchev–Trinajstić information content (AvgIpc) is 3.35. The van der Waals surface area contributed by atoms with Crippen LogP contribution in [-0.4, -0.2) is 77.7 Å². The van der Waals surface area contributed by atoms with Gasteiger partial charge in [0.15, 0.2) is 0 Å². The van der Waals surface area contributed by atoms with Crippen LogP contribution in [0.3, 0.4) is 0 Å². The zero-order chi connectivity index (χ0) is 27.8. The molecule has 0 radical (unpaired) electrons. The smallest absolute Gasteiger partial charge is 0.337 e. The molecule has 10 nitrogen and oxygen atoms in total. The zero-order valence-electron chi connectivity index (χ0n) is 22.7. The van der Waals surface area contributed by atoms with Crippen LogP contribution in [0.5, 0.6) is 0 Å². The summed E-state index contributed by atoms with van der Waals surface area (Å²) in [6, 6.07) is 14.3. The molecular weight excluding hydrogens is 498 g/mol. The first kappa shape index (κ1) is 28.3. The SMILES string of the molecule is COCCCn1c(C2CCCN(C(=O)CCCN(N)C(=O)c3ccc(C(=O)OC)cc3)C2)nc2ccccc21. The van der Waals surface area contributed by atoms with Gasteiger partial charge in [-0.3, -0.25) is 14.6 Å². The van der Waals surface area contributed by atoms with Gasteiger partial charge in [0.1, 0.15) is 5.82 Å². The monoisotopic (exact) mass is 535 g/mol. The molecule has 1 fully saturated rings. The Hall–Kier alpha value is -3.76. The number of aryl methyl sites for hydroxylation is 1. The Balaban J connectivity index is 1.32. The lowest BCUT2D eigenvalue weighted by atomic mass is 9.96. The number of aromatic nitrogens is 2. The zero-order valence-corrected chi connectivity index (χ0v) is 22.7. The van der Waals surface area contributed by atoms with Crippen molar-refractivity contribution in [1.29, 1.82) is 0 Å². The van der Waals surface area contributed by atoms with Crippen LogP contribution < -0.4 is 5.84 Å². The van der Waals surface area contributed by atoms with E-state index in [4.69, 9.17) is 15.6 Å². The van der Waals surface area contributed by atoms with Gasteiger partial charge in [0, 0.05) is 57.8 Å². The maximum absolute atomic E-state index is 13.1. The summed E-state index contributed by atoms with van der Waals surface area (Å²) < 4.78 is 12.2. The molecule has 0 aliphatic carbocycles. The van der Waals surface area contributed by atoms with Crippen LogP contribution in [0, 0.1) is 0 Å². The molecule has 1 aliphatic rings. The number of methoxy groups -OCH3 is 2. The quantitative estimate of drug-likeness (QED) is 0.131. The van der Waals surface area contributed by atoms with E-state index in [-0.39, 0.29) is 24.3 Å². The van der Waals surface area contributed by atoms with Gasteiger partial charge in [0.25, 0.3) is 5.91 Å². The van der Waals surface area contributed by atoms with E-state index < -0.39 is 5.97 Å². The number of carbonyl (C=O) groups is 3. The summed E-state index contributed by atoms with van der Waals surface area (Å²) in [6.07, 6.45) is 3.55. The van der Waals surface area contributed by atoms with E-state index in [1.54, 1.807) is 7.11 Å². The Labute approximate surface area is 228 Å². The maximum atomic E-state index is 13.1. The molecule has 10 heteroatoms. The topological polar surface area (TPSA) is 120 Å². The van der Waals surface area contributed by atoms with Crippen LogP contribution in [0.25, 0.3) is 11.0 Å². The Morgan fingerprint density at radius 2 is 1.79 bits per heavy atom. The van der Waals surface area contributed by atoms with E-state index in [9.17, 15) is 14.4 Å². The highest BCUT2D eigenvalue weighted by Gasteiger charge is 2.28. The molecule has 2 N–H and O–H groups in total. The number of hydrogen-bond donors (Lipinski definition) is 1. The van der Waals surface area contributed by atoms with Crippen LogP contribution in [-0.2, 0) is 20.8 Å². The van der Waals surface area contributed by atoms with Crippen molar-refractivity contribution < 1.29 is 23.9 Å². The fourth-order valence-electron chi connectivity index (χ4n) is 5.12. The summed E-state index contributed by atoms with van der Waals surface area (Å²) in [5.41, 5.74) is 2.80. The minimum Gasteiger partial charge on any atom is -0.465 e. The number of carbonyl (C=O) groups excluding carboxylic acids is 3. The molecule has 1 aromatic heterocycles. The fourth-order valence-corrected chi connectivity index (χ4v) is 5.12. The number of piperidine rings is 1. The lowest BCUT2D eigenvalue weighted by Crippen LogP contribution is -2.41. The molecule has 1 unspecified atom stereocenters. The van der Waals surface area contributed by atoms with Gasteiger partial charge in [-0.2, -0.15) is 0 Å². The molecular formula is C29H37N5O5. The third kappa shape index (κ3) is 6.82. The normalized spacial score (nSPS) is 15.4. The average molecular weight is 536 g/mol. The number of imidazole rings is 1. The maximum Gasteiger partial charge on any atom is 0.337 e. The van der Waals surface area contributed by atoms with Crippen molar-refractivity contribution in [3.63, 3.8) is 0 Å². The second-order valence-electron chi connectivity index (χ2n) is 9.81. The van der Waals surface area contributed by atoms with Crippen molar-refractivity contribution in [3.05, 3.63) is 65.5 Å². The molecule has 2 heterocycles. The molecule has 0 saturated carbocycles. The van der Waals surface area contributed by atoms with E-state index in [1.165, 1.54) is 31.4 Å². The number of fused-ring (bicyclic) bond motifs is 1. The Morgan fingerprint density at radius 1 is 1.05 bits per heavy atom. The van der Waals surface area contributed by atoms with E-state index in [0.717, 1.165) is 54.2 Å². The molecule has 2 amide bonds. The van der Waals surface area contributed by atoms with Crippen molar-refractivity contribution in [2.24, 2.45) is 5.84 Å². The minimum absolute atomic E-state index is 0.0602. The van der Waals surface area contributed by atoms with Gasteiger partial charge in [0.05, 0.1) is 23.7 Å². The summed E-state index contributed by atoms with van der Waals surface area (Å²) in [5.74, 6) is 6.40. The lowest BCUT2D eigenvalue weighted by molar-refractivity contribution is -0.132. The summed E-state index contributed by atoms with van der Waals surface area (Å²) in [5, 5.41) is 1.11. The van der Waals surface area contributed by atoms with Crippen LogP contribution in [0.2, 0.25) is 0 Å². The summed E-state index contributed by atoms with van der Waals surface area (Å²) in [6.45, 7) is 3.10. The molecule has 39 heavy (non-hydrogen) atoms. The van der Waals surface area contributed by atoms with Crippen molar-refractivity contribution in [2.45, 2.75) is 44.6 Å². The van der Waals surface area contributed by atoms with Gasteiger partial charge in [-0.1, -0.05) is 12.1 Å². The number of hydrogen-bond acceptors (Lipinski definition) is 7. The Morgan fingerprint density at radius 3 is 2.54 bits per heavy atom. The minimum atomic E-state index is -0.472. The van der Waals surface area contributed by atoms with E-state index in [2.05, 4.69) is 15.4 Å². The molecule has 4 rings (SSSR count). The number of amides is 2. The van der Waals surface area contributed by atoms with Gasteiger partial charge in [-0.05, 0) is 62.1 Å². The Bertz CT molecular complexity index is 1290. The molecule has 208 valence electrons. The van der Waals surface area contributed by atoms with Crippen molar-refractivity contribution in [2.75, 3.05) is 40.5 Å². The van der Waals surface area contributed by atoms with Crippen molar-refractivity contribution in [3.8, 4) is 0 Å². The van der Waals surface area contributed by atoms with Crippen LogP contribution in [0.1, 0.15) is 64.6 Å². The van der Waals surface area contributed by atoms with Gasteiger partial charge < -0.3 is 18.9 Å². The molecule has 1 aliphatic heterocycles. The number of ether oxygens (including phenoxy) is 2. The number of esters is 1. The molecule has 0 spiro atoms. The van der Waals surface area contributed by atoms with Crippen molar-refractivity contribution in [1.82, 2.24) is 19.5 Å². The fraction of sp³-hybridized carbons (Fsp3) is 0.448. The molecule has 3 aromatic rings. The van der Waals surface area contributed by atoms with Gasteiger partial charge >= 0.3 is 5.97 Å². The summed E-state index contributed by atoms with van der Waals surface area (Å²) in [7, 11) is 3.01. The second-order valence-corrected chi connectivity index (χ2v) is 9.81. The highest BCUT2D eigenvalue weighted by atomic mass is 16.5. The summed E-state index contributed by atoms with van der Waals surface area (Å²) >= 11 is 0.